The number of nitrogens with zero attached hydrogens (tertiary/aromatic N) is 2. The molecule has 0 bridgehead atoms. The van der Waals surface area contributed by atoms with E-state index in [9.17, 15) is 26.0 Å². The summed E-state index contributed by atoms with van der Waals surface area (Å²) >= 11 is 0. The second-order valence-electron chi connectivity index (χ2n) is 4.81. The first-order chi connectivity index (χ1) is 10.2. The van der Waals surface area contributed by atoms with Crippen molar-refractivity contribution in [1.82, 2.24) is 14.9 Å². The first kappa shape index (κ1) is 18.9. The molecule has 0 aromatic rings. The molecule has 0 saturated carbocycles. The van der Waals surface area contributed by atoms with Crippen molar-refractivity contribution in [2.75, 3.05) is 33.4 Å². The minimum Gasteiger partial charge on any atom is -0.356 e. The molecule has 1 fully saturated rings. The van der Waals surface area contributed by atoms with Crippen molar-refractivity contribution in [2.24, 2.45) is 4.99 Å². The Bertz CT molecular complexity index is 473. The largest absolute Gasteiger partial charge is 0.511 e. The fourth-order valence-electron chi connectivity index (χ4n) is 2.05. The van der Waals surface area contributed by atoms with Crippen molar-refractivity contribution in [3.05, 3.63) is 0 Å². The minimum absolute atomic E-state index is 0.184. The third-order valence-electron chi connectivity index (χ3n) is 3.25. The number of aliphatic imine (C=N–C) groups is 1. The first-order valence-electron chi connectivity index (χ1n) is 6.82. The molecule has 0 radical (unpaired) electrons. The molecule has 1 saturated heterocycles. The summed E-state index contributed by atoms with van der Waals surface area (Å²) in [5.74, 6) is 0.422. The number of alkyl halides is 4. The zero-order valence-corrected chi connectivity index (χ0v) is 13.0. The van der Waals surface area contributed by atoms with Crippen molar-refractivity contribution in [1.29, 1.82) is 0 Å². The average molecular weight is 348 g/mol. The molecular formula is C11H20F4N4O2S. The van der Waals surface area contributed by atoms with Crippen LogP contribution in [-0.2, 0) is 10.0 Å². The maximum absolute atomic E-state index is 12.4. The lowest BCUT2D eigenvalue weighted by molar-refractivity contribution is -0.0494. The summed E-state index contributed by atoms with van der Waals surface area (Å²) in [5.41, 5.74) is -5.27. The standard InChI is InChI=1S/C11H20F4N4O2S/c1-16-10(17-6-2-5-12)18-9-3-7-19(8-4-9)22(20,21)11(13,14)15/h9H,2-8H2,1H3,(H2,16,17,18). The Morgan fingerprint density at radius 1 is 1.32 bits per heavy atom. The van der Waals surface area contributed by atoms with Crippen molar-refractivity contribution in [3.8, 4) is 0 Å². The van der Waals surface area contributed by atoms with Crippen LogP contribution < -0.4 is 10.6 Å². The number of hydrogen-bond acceptors (Lipinski definition) is 3. The highest BCUT2D eigenvalue weighted by atomic mass is 32.2. The van der Waals surface area contributed by atoms with Gasteiger partial charge in [-0.15, -0.1) is 0 Å². The van der Waals surface area contributed by atoms with Gasteiger partial charge < -0.3 is 10.6 Å². The van der Waals surface area contributed by atoms with Gasteiger partial charge in [0.15, 0.2) is 5.96 Å². The van der Waals surface area contributed by atoms with E-state index in [-0.39, 0.29) is 32.0 Å². The van der Waals surface area contributed by atoms with Crippen molar-refractivity contribution in [3.63, 3.8) is 0 Å². The Balaban J connectivity index is 2.49. The fourth-order valence-corrected chi connectivity index (χ4v) is 3.03. The lowest BCUT2D eigenvalue weighted by atomic mass is 10.1. The molecule has 1 aliphatic heterocycles. The smallest absolute Gasteiger partial charge is 0.356 e. The quantitative estimate of drug-likeness (QED) is 0.334. The van der Waals surface area contributed by atoms with E-state index in [0.717, 1.165) is 0 Å². The minimum atomic E-state index is -5.27. The van der Waals surface area contributed by atoms with Gasteiger partial charge in [0.1, 0.15) is 0 Å². The maximum atomic E-state index is 12.4. The molecule has 2 N–H and O–H groups in total. The molecule has 1 heterocycles. The molecular weight excluding hydrogens is 328 g/mol. The van der Waals surface area contributed by atoms with E-state index in [1.54, 1.807) is 0 Å². The zero-order chi connectivity index (χ0) is 16.8. The molecule has 1 rings (SSSR count). The summed E-state index contributed by atoms with van der Waals surface area (Å²) < 4.78 is 72.3. The van der Waals surface area contributed by atoms with Gasteiger partial charge in [-0.25, -0.2) is 8.42 Å². The highest BCUT2D eigenvalue weighted by Gasteiger charge is 2.50. The van der Waals surface area contributed by atoms with E-state index in [4.69, 9.17) is 0 Å². The van der Waals surface area contributed by atoms with Gasteiger partial charge in [-0.2, -0.15) is 17.5 Å². The lowest BCUT2D eigenvalue weighted by Crippen LogP contribution is -2.51. The normalized spacial score (nSPS) is 19.2. The van der Waals surface area contributed by atoms with Crippen LogP contribution in [0.15, 0.2) is 4.99 Å². The molecule has 11 heteroatoms. The summed E-state index contributed by atoms with van der Waals surface area (Å²) in [7, 11) is -3.73. The predicted molar refractivity (Wildman–Crippen MR) is 74.7 cm³/mol. The van der Waals surface area contributed by atoms with Crippen LogP contribution in [0.5, 0.6) is 0 Å². The number of piperidine rings is 1. The summed E-state index contributed by atoms with van der Waals surface area (Å²) in [6, 6.07) is -0.184. The van der Waals surface area contributed by atoms with Crippen molar-refractivity contribution >= 4 is 16.0 Å². The van der Waals surface area contributed by atoms with Crippen LogP contribution in [-0.4, -0.2) is 63.6 Å². The molecule has 1 aliphatic rings. The SMILES string of the molecule is CN=C(NCCCF)NC1CCN(S(=O)(=O)C(F)(F)F)CC1. The highest BCUT2D eigenvalue weighted by molar-refractivity contribution is 7.90. The van der Waals surface area contributed by atoms with Crippen LogP contribution in [0.25, 0.3) is 0 Å². The van der Waals surface area contributed by atoms with Gasteiger partial charge in [0.2, 0.25) is 0 Å². The topological polar surface area (TPSA) is 73.8 Å². The summed E-state index contributed by atoms with van der Waals surface area (Å²) in [5, 5.41) is 5.86. The van der Waals surface area contributed by atoms with Gasteiger partial charge >= 0.3 is 15.5 Å². The van der Waals surface area contributed by atoms with Gasteiger partial charge in [-0.3, -0.25) is 9.38 Å². The van der Waals surface area contributed by atoms with Crippen LogP contribution in [0.4, 0.5) is 17.6 Å². The van der Waals surface area contributed by atoms with Gasteiger partial charge in [-0.05, 0) is 19.3 Å². The molecule has 0 aliphatic carbocycles. The van der Waals surface area contributed by atoms with Crippen LogP contribution in [0.1, 0.15) is 19.3 Å². The Labute approximate surface area is 127 Å². The summed E-state index contributed by atoms with van der Waals surface area (Å²) in [6.45, 7) is -0.489. The average Bonchev–Trinajstić information content (AvgIpc) is 2.45. The number of guanidine groups is 1. The zero-order valence-electron chi connectivity index (χ0n) is 12.2. The number of nitrogens with one attached hydrogen (secondary N) is 2. The molecule has 0 unspecified atom stereocenters. The summed E-state index contributed by atoms with van der Waals surface area (Å²) in [6.07, 6.45) is 0.793. The van der Waals surface area contributed by atoms with E-state index in [1.165, 1.54) is 7.05 Å². The second-order valence-corrected chi connectivity index (χ2v) is 6.74. The molecule has 6 nitrogen and oxygen atoms in total. The first-order valence-corrected chi connectivity index (χ1v) is 8.26. The molecule has 0 atom stereocenters. The van der Waals surface area contributed by atoms with Gasteiger partial charge in [0.05, 0.1) is 6.67 Å². The van der Waals surface area contributed by atoms with Gasteiger partial charge in [-0.1, -0.05) is 0 Å². The number of hydrogen-bond donors (Lipinski definition) is 2. The van der Waals surface area contributed by atoms with E-state index in [2.05, 4.69) is 15.6 Å². The predicted octanol–water partition coefficient (Wildman–Crippen LogP) is 0.825. The van der Waals surface area contributed by atoms with Crippen molar-refractivity contribution in [2.45, 2.75) is 30.8 Å². The molecule has 0 aromatic carbocycles. The Morgan fingerprint density at radius 3 is 2.36 bits per heavy atom. The lowest BCUT2D eigenvalue weighted by Gasteiger charge is -2.32. The van der Waals surface area contributed by atoms with Crippen LogP contribution in [0, 0.1) is 0 Å². The summed E-state index contributed by atoms with van der Waals surface area (Å²) in [4.78, 5) is 3.92. The van der Waals surface area contributed by atoms with Gasteiger partial charge in [0, 0.05) is 32.7 Å². The molecule has 130 valence electrons. The monoisotopic (exact) mass is 348 g/mol. The number of rotatable bonds is 5. The maximum Gasteiger partial charge on any atom is 0.511 e. The fraction of sp³-hybridized carbons (Fsp3) is 0.909. The van der Waals surface area contributed by atoms with Crippen LogP contribution >= 0.6 is 0 Å². The molecule has 0 aromatic heterocycles. The Morgan fingerprint density at radius 2 is 1.91 bits per heavy atom. The Hall–Kier alpha value is -1.10. The third kappa shape index (κ3) is 4.97. The third-order valence-corrected chi connectivity index (χ3v) is 4.88. The van der Waals surface area contributed by atoms with Crippen molar-refractivity contribution < 1.29 is 26.0 Å². The number of halogens is 4. The molecule has 0 amide bonds. The van der Waals surface area contributed by atoms with Gasteiger partial charge in [0.25, 0.3) is 0 Å². The Kier molecular flexibility index (Phi) is 6.85. The molecule has 0 spiro atoms. The van der Waals surface area contributed by atoms with Crippen LogP contribution in [0.2, 0.25) is 0 Å². The van der Waals surface area contributed by atoms with E-state index in [1.807, 2.05) is 0 Å². The van der Waals surface area contributed by atoms with E-state index in [0.29, 0.717) is 23.2 Å². The van der Waals surface area contributed by atoms with E-state index < -0.39 is 22.2 Å². The highest BCUT2D eigenvalue weighted by Crippen LogP contribution is 2.28. The second kappa shape index (κ2) is 7.95. The van der Waals surface area contributed by atoms with Crippen LogP contribution in [0.3, 0.4) is 0 Å². The molecule has 22 heavy (non-hydrogen) atoms. The number of sulfonamides is 1. The van der Waals surface area contributed by atoms with E-state index >= 15 is 0 Å².